The number of halogens is 3. The first-order valence-electron chi connectivity index (χ1n) is 3.39. The fourth-order valence-electron chi connectivity index (χ4n) is 0.815. The molecule has 0 radical (unpaired) electrons. The van der Waals surface area contributed by atoms with Crippen LogP contribution in [0.4, 0.5) is 13.2 Å². The molecule has 14 heavy (non-hydrogen) atoms. The average Bonchev–Trinajstić information content (AvgIpc) is 2.01. The van der Waals surface area contributed by atoms with E-state index in [9.17, 15) is 21.6 Å². The maximum absolute atomic E-state index is 12.1. The van der Waals surface area contributed by atoms with Crippen LogP contribution in [0.5, 0.6) is 5.75 Å². The van der Waals surface area contributed by atoms with Gasteiger partial charge in [0.25, 0.3) is 11.0 Å². The van der Waals surface area contributed by atoms with Crippen molar-refractivity contribution in [1.82, 2.24) is 0 Å². The van der Waals surface area contributed by atoms with E-state index in [1.807, 2.05) is 0 Å². The van der Waals surface area contributed by atoms with Crippen LogP contribution in [0.3, 0.4) is 0 Å². The number of hydrogen-bond acceptors (Lipinski definition) is 3. The highest BCUT2D eigenvalue weighted by molar-refractivity contribution is 7.67. The Balaban J connectivity index is 3.01. The van der Waals surface area contributed by atoms with Gasteiger partial charge in [-0.05, 0) is 18.2 Å². The molecule has 0 spiro atoms. The van der Waals surface area contributed by atoms with Gasteiger partial charge in [0.2, 0.25) is 0 Å². The topological polar surface area (TPSA) is 43.4 Å². The minimum Gasteiger partial charge on any atom is -0.384 e. The molecule has 3 nitrogen and oxygen atoms in total. The number of alkyl halides is 3. The van der Waals surface area contributed by atoms with Gasteiger partial charge in [-0.25, -0.2) is 0 Å². The summed E-state index contributed by atoms with van der Waals surface area (Å²) in [4.78, 5) is 0. The van der Waals surface area contributed by atoms with E-state index in [2.05, 4.69) is 4.18 Å². The van der Waals surface area contributed by atoms with Crippen LogP contribution in [0, 0.1) is 0 Å². The highest BCUT2D eigenvalue weighted by Gasteiger charge is 2.30. The van der Waals surface area contributed by atoms with Gasteiger partial charge in [0.05, 0.1) is 5.56 Å². The first-order chi connectivity index (χ1) is 6.39. The molecule has 0 saturated heterocycles. The normalized spacial score (nSPS) is 11.7. The molecule has 78 valence electrons. The van der Waals surface area contributed by atoms with Crippen LogP contribution in [-0.2, 0) is 17.2 Å². The number of benzene rings is 1. The number of thiol groups is 1. The molecule has 0 aliphatic rings. The third kappa shape index (κ3) is 2.91. The van der Waals surface area contributed by atoms with Crippen LogP contribution in [0.2, 0.25) is 0 Å². The van der Waals surface area contributed by atoms with Crippen molar-refractivity contribution in [3.05, 3.63) is 29.8 Å². The smallest absolute Gasteiger partial charge is 0.384 e. The van der Waals surface area contributed by atoms with Crippen molar-refractivity contribution >= 4 is 11.0 Å². The molecule has 0 unspecified atom stereocenters. The fourth-order valence-corrected chi connectivity index (χ4v) is 1.10. The summed E-state index contributed by atoms with van der Waals surface area (Å²) in [6.07, 6.45) is -4.51. The lowest BCUT2D eigenvalue weighted by molar-refractivity contribution is -0.137. The van der Waals surface area contributed by atoms with E-state index in [1.54, 1.807) is 0 Å². The lowest BCUT2D eigenvalue weighted by atomic mass is 10.2. The van der Waals surface area contributed by atoms with E-state index in [4.69, 9.17) is 0 Å². The molecule has 1 aromatic rings. The molecule has 0 atom stereocenters. The Labute approximate surface area is 79.3 Å². The second kappa shape index (κ2) is 3.87. The van der Waals surface area contributed by atoms with Crippen LogP contribution in [0.1, 0.15) is 5.56 Å². The van der Waals surface area contributed by atoms with Crippen LogP contribution in [0.15, 0.2) is 24.3 Å². The molecule has 0 N–H and O–H groups in total. The lowest BCUT2D eigenvalue weighted by Gasteiger charge is -2.06. The van der Waals surface area contributed by atoms with E-state index in [0.29, 0.717) is 6.07 Å². The zero-order chi connectivity index (χ0) is 10.8. The Morgan fingerprint density at radius 2 is 1.86 bits per heavy atom. The quantitative estimate of drug-likeness (QED) is 0.779. The van der Waals surface area contributed by atoms with E-state index in [1.165, 1.54) is 0 Å². The van der Waals surface area contributed by atoms with Crippen molar-refractivity contribution in [2.45, 2.75) is 6.18 Å². The Morgan fingerprint density at radius 1 is 1.21 bits per heavy atom. The standard InChI is InChI=1S/C7H5F3O3S/c8-7(9,10)5-2-1-3-6(4-5)13-14(11)12/h1-4,14H. The largest absolute Gasteiger partial charge is 0.416 e. The molecule has 1 rings (SSSR count). The van der Waals surface area contributed by atoms with Crippen molar-refractivity contribution in [3.8, 4) is 5.75 Å². The van der Waals surface area contributed by atoms with Gasteiger partial charge in [0.15, 0.2) is 0 Å². The summed E-state index contributed by atoms with van der Waals surface area (Å²) in [6.45, 7) is 0. The van der Waals surface area contributed by atoms with E-state index in [0.717, 1.165) is 18.2 Å². The molecule has 1 aromatic carbocycles. The summed E-state index contributed by atoms with van der Waals surface area (Å²) in [7, 11) is -3.19. The second-order valence-corrected chi connectivity index (χ2v) is 2.97. The van der Waals surface area contributed by atoms with Crippen molar-refractivity contribution in [2.24, 2.45) is 0 Å². The van der Waals surface area contributed by atoms with Gasteiger partial charge in [-0.15, -0.1) is 0 Å². The monoisotopic (exact) mass is 226 g/mol. The molecular weight excluding hydrogens is 221 g/mol. The van der Waals surface area contributed by atoms with Gasteiger partial charge >= 0.3 is 6.18 Å². The Kier molecular flexibility index (Phi) is 3.00. The van der Waals surface area contributed by atoms with E-state index >= 15 is 0 Å². The SMILES string of the molecule is O=[SH](=O)Oc1cccc(C(F)(F)F)c1. The molecule has 0 fully saturated rings. The summed E-state index contributed by atoms with van der Waals surface area (Å²) in [5.41, 5.74) is -0.952. The Morgan fingerprint density at radius 3 is 2.36 bits per heavy atom. The first kappa shape index (κ1) is 10.8. The predicted molar refractivity (Wildman–Crippen MR) is 42.4 cm³/mol. The van der Waals surface area contributed by atoms with Gasteiger partial charge in [0, 0.05) is 0 Å². The van der Waals surface area contributed by atoms with Gasteiger partial charge in [-0.1, -0.05) is 6.07 Å². The predicted octanol–water partition coefficient (Wildman–Crippen LogP) is 1.61. The molecule has 0 aliphatic heterocycles. The van der Waals surface area contributed by atoms with Crippen molar-refractivity contribution in [3.63, 3.8) is 0 Å². The molecule has 0 bridgehead atoms. The Hall–Kier alpha value is -1.24. The molecule has 0 aromatic heterocycles. The molecule has 0 amide bonds. The number of rotatable bonds is 2. The average molecular weight is 226 g/mol. The summed E-state index contributed by atoms with van der Waals surface area (Å²) in [6, 6.07) is 3.63. The summed E-state index contributed by atoms with van der Waals surface area (Å²) >= 11 is 0. The first-order valence-corrected chi connectivity index (χ1v) is 4.49. The zero-order valence-electron chi connectivity index (χ0n) is 6.62. The third-order valence-corrected chi connectivity index (χ3v) is 1.70. The third-order valence-electron chi connectivity index (χ3n) is 1.34. The van der Waals surface area contributed by atoms with Gasteiger partial charge in [0.1, 0.15) is 5.75 Å². The van der Waals surface area contributed by atoms with Gasteiger partial charge in [-0.3, -0.25) is 0 Å². The van der Waals surface area contributed by atoms with E-state index in [-0.39, 0.29) is 5.75 Å². The van der Waals surface area contributed by atoms with Crippen molar-refractivity contribution < 1.29 is 25.8 Å². The zero-order valence-corrected chi connectivity index (χ0v) is 7.51. The fraction of sp³-hybridized carbons (Fsp3) is 0.143. The van der Waals surface area contributed by atoms with Crippen LogP contribution < -0.4 is 4.18 Å². The van der Waals surface area contributed by atoms with Gasteiger partial charge < -0.3 is 4.18 Å². The molecule has 0 aliphatic carbocycles. The minimum absolute atomic E-state index is 0.351. The maximum atomic E-state index is 12.1. The van der Waals surface area contributed by atoms with Crippen LogP contribution >= 0.6 is 0 Å². The summed E-state index contributed by atoms with van der Waals surface area (Å²) in [5.74, 6) is -0.351. The molecule has 0 heterocycles. The van der Waals surface area contributed by atoms with Crippen LogP contribution in [-0.4, -0.2) is 8.42 Å². The van der Waals surface area contributed by atoms with E-state index < -0.39 is 22.7 Å². The summed E-state index contributed by atoms with van der Waals surface area (Å²) < 4.78 is 60.5. The molecular formula is C7H5F3O3S. The highest BCUT2D eigenvalue weighted by Crippen LogP contribution is 2.31. The van der Waals surface area contributed by atoms with Gasteiger partial charge in [-0.2, -0.15) is 21.6 Å². The van der Waals surface area contributed by atoms with Crippen LogP contribution in [0.25, 0.3) is 0 Å². The maximum Gasteiger partial charge on any atom is 0.416 e. The summed E-state index contributed by atoms with van der Waals surface area (Å²) in [5, 5.41) is 0. The Bertz CT molecular complexity index is 389. The van der Waals surface area contributed by atoms with Crippen molar-refractivity contribution in [2.75, 3.05) is 0 Å². The number of hydrogen-bond donors (Lipinski definition) is 1. The van der Waals surface area contributed by atoms with Crippen molar-refractivity contribution in [1.29, 1.82) is 0 Å². The molecule has 7 heteroatoms. The second-order valence-electron chi connectivity index (χ2n) is 2.34. The highest BCUT2D eigenvalue weighted by atomic mass is 32.2. The minimum atomic E-state index is -4.51. The lowest BCUT2D eigenvalue weighted by Crippen LogP contribution is -2.04. The molecule has 0 saturated carbocycles.